The molecular weight excluding hydrogens is 341 g/mol. The molecule has 0 aliphatic carbocycles. The quantitative estimate of drug-likeness (QED) is 0.877. The number of hydrogen-bond donors (Lipinski definition) is 1. The van der Waals surface area contributed by atoms with Gasteiger partial charge in [-0.3, -0.25) is 9.59 Å². The second-order valence-electron chi connectivity index (χ2n) is 5.49. The van der Waals surface area contributed by atoms with Crippen molar-refractivity contribution in [2.24, 2.45) is 0 Å². The van der Waals surface area contributed by atoms with Crippen molar-refractivity contribution in [1.29, 1.82) is 0 Å². The van der Waals surface area contributed by atoms with Gasteiger partial charge in [0.1, 0.15) is 5.37 Å². The number of nitrogens with one attached hydrogen (secondary N) is 1. The minimum atomic E-state index is -4.39. The van der Waals surface area contributed by atoms with Gasteiger partial charge in [-0.05, 0) is 31.5 Å². The summed E-state index contributed by atoms with van der Waals surface area (Å²) in [6, 6.07) is 4.83. The minimum absolute atomic E-state index is 0.103. The number of carbonyl (C=O) groups excluding carboxylic acids is 2. The Balaban J connectivity index is 2.14. The van der Waals surface area contributed by atoms with Gasteiger partial charge < -0.3 is 10.2 Å². The molecule has 1 heterocycles. The number of hydrogen-bond acceptors (Lipinski definition) is 3. The van der Waals surface area contributed by atoms with Crippen LogP contribution in [0.25, 0.3) is 0 Å². The fourth-order valence-electron chi connectivity index (χ4n) is 2.50. The van der Waals surface area contributed by atoms with Crippen LogP contribution < -0.4 is 5.32 Å². The van der Waals surface area contributed by atoms with E-state index in [1.54, 1.807) is 11.8 Å². The fraction of sp³-hybridized carbons (Fsp3) is 0.500. The van der Waals surface area contributed by atoms with Gasteiger partial charge in [0, 0.05) is 19.5 Å². The van der Waals surface area contributed by atoms with Crippen LogP contribution in [-0.4, -0.2) is 35.1 Å². The third kappa shape index (κ3) is 4.23. The summed E-state index contributed by atoms with van der Waals surface area (Å²) in [6.07, 6.45) is -4.22. The molecule has 1 N–H and O–H groups in total. The third-order valence-corrected chi connectivity index (χ3v) is 5.12. The minimum Gasteiger partial charge on any atom is -0.356 e. The van der Waals surface area contributed by atoms with Gasteiger partial charge in [-0.25, -0.2) is 0 Å². The number of rotatable bonds is 5. The lowest BCUT2D eigenvalue weighted by Crippen LogP contribution is -2.34. The molecule has 4 nitrogen and oxygen atoms in total. The summed E-state index contributed by atoms with van der Waals surface area (Å²) in [5.74, 6) is -0.254. The molecule has 8 heteroatoms. The third-order valence-electron chi connectivity index (χ3n) is 3.72. The van der Waals surface area contributed by atoms with Gasteiger partial charge in [0.05, 0.1) is 10.8 Å². The van der Waals surface area contributed by atoms with E-state index in [-0.39, 0.29) is 35.4 Å². The Labute approximate surface area is 142 Å². The summed E-state index contributed by atoms with van der Waals surface area (Å²) >= 11 is 1.38. The van der Waals surface area contributed by atoms with Crippen molar-refractivity contribution in [2.75, 3.05) is 13.1 Å². The van der Waals surface area contributed by atoms with Crippen molar-refractivity contribution in [3.8, 4) is 0 Å². The predicted octanol–water partition coefficient (Wildman–Crippen LogP) is 3.19. The number of alkyl halides is 3. The summed E-state index contributed by atoms with van der Waals surface area (Å²) in [7, 11) is 0. The molecular formula is C16H19F3N2O2S. The van der Waals surface area contributed by atoms with Crippen LogP contribution in [0.4, 0.5) is 13.2 Å². The molecule has 2 atom stereocenters. The van der Waals surface area contributed by atoms with Crippen molar-refractivity contribution >= 4 is 23.6 Å². The van der Waals surface area contributed by atoms with E-state index in [1.807, 2.05) is 6.92 Å². The van der Waals surface area contributed by atoms with Crippen LogP contribution >= 0.6 is 11.8 Å². The topological polar surface area (TPSA) is 49.4 Å². The Morgan fingerprint density at radius 3 is 2.46 bits per heavy atom. The predicted molar refractivity (Wildman–Crippen MR) is 86.3 cm³/mol. The second kappa shape index (κ2) is 7.46. The van der Waals surface area contributed by atoms with Crippen molar-refractivity contribution in [1.82, 2.24) is 10.2 Å². The Morgan fingerprint density at radius 2 is 1.92 bits per heavy atom. The van der Waals surface area contributed by atoms with E-state index in [1.165, 1.54) is 23.9 Å². The molecule has 2 unspecified atom stereocenters. The molecule has 2 amide bonds. The zero-order valence-electron chi connectivity index (χ0n) is 13.4. The fourth-order valence-corrected chi connectivity index (χ4v) is 3.81. The molecule has 1 aromatic rings. The molecule has 1 aliphatic rings. The van der Waals surface area contributed by atoms with Crippen molar-refractivity contribution < 1.29 is 22.8 Å². The molecule has 0 bridgehead atoms. The number of amides is 2. The van der Waals surface area contributed by atoms with Gasteiger partial charge in [-0.15, -0.1) is 11.8 Å². The van der Waals surface area contributed by atoms with Crippen LogP contribution in [0.3, 0.4) is 0 Å². The maximum Gasteiger partial charge on any atom is 0.416 e. The summed E-state index contributed by atoms with van der Waals surface area (Å²) in [6.45, 7) is 4.33. The first-order chi connectivity index (χ1) is 11.2. The van der Waals surface area contributed by atoms with E-state index in [2.05, 4.69) is 5.32 Å². The van der Waals surface area contributed by atoms with E-state index < -0.39 is 11.7 Å². The average molecular weight is 360 g/mol. The lowest BCUT2D eigenvalue weighted by Gasteiger charge is -2.24. The zero-order chi connectivity index (χ0) is 17.9. The summed E-state index contributed by atoms with van der Waals surface area (Å²) in [5, 5.41) is 2.01. The highest BCUT2D eigenvalue weighted by Gasteiger charge is 2.39. The Bertz CT molecular complexity index is 604. The SMILES string of the molecule is CCNC(=O)CCN1C(=O)C(C)SC1c1ccc(C(F)(F)F)cc1. The highest BCUT2D eigenvalue weighted by atomic mass is 32.2. The summed E-state index contributed by atoms with van der Waals surface area (Å²) < 4.78 is 38.0. The lowest BCUT2D eigenvalue weighted by atomic mass is 10.1. The first-order valence-electron chi connectivity index (χ1n) is 7.63. The molecule has 0 radical (unpaired) electrons. The molecule has 0 saturated carbocycles. The Kier molecular flexibility index (Phi) is 5.79. The molecule has 24 heavy (non-hydrogen) atoms. The van der Waals surface area contributed by atoms with E-state index in [4.69, 9.17) is 0 Å². The number of carbonyl (C=O) groups is 2. The largest absolute Gasteiger partial charge is 0.416 e. The molecule has 2 rings (SSSR count). The molecule has 1 fully saturated rings. The maximum atomic E-state index is 12.7. The van der Waals surface area contributed by atoms with Crippen LogP contribution in [-0.2, 0) is 15.8 Å². The van der Waals surface area contributed by atoms with E-state index in [0.29, 0.717) is 12.1 Å². The number of thioether (sulfide) groups is 1. The van der Waals surface area contributed by atoms with Crippen LogP contribution in [0.15, 0.2) is 24.3 Å². The lowest BCUT2D eigenvalue weighted by molar-refractivity contribution is -0.137. The van der Waals surface area contributed by atoms with Crippen molar-refractivity contribution in [2.45, 2.75) is 37.1 Å². The maximum absolute atomic E-state index is 12.7. The number of halogens is 3. The smallest absolute Gasteiger partial charge is 0.356 e. The number of nitrogens with zero attached hydrogens (tertiary/aromatic N) is 1. The van der Waals surface area contributed by atoms with Crippen molar-refractivity contribution in [3.05, 3.63) is 35.4 Å². The molecule has 1 aromatic carbocycles. The highest BCUT2D eigenvalue weighted by molar-refractivity contribution is 8.01. The van der Waals surface area contributed by atoms with Crippen LogP contribution in [0.2, 0.25) is 0 Å². The van der Waals surface area contributed by atoms with E-state index in [0.717, 1.165) is 12.1 Å². The highest BCUT2D eigenvalue weighted by Crippen LogP contribution is 2.43. The van der Waals surface area contributed by atoms with Gasteiger partial charge in [0.2, 0.25) is 11.8 Å². The number of benzene rings is 1. The van der Waals surface area contributed by atoms with Gasteiger partial charge in [0.15, 0.2) is 0 Å². The summed E-state index contributed by atoms with van der Waals surface area (Å²) in [5.41, 5.74) is -0.0934. The standard InChI is InChI=1S/C16H19F3N2O2S/c1-3-20-13(22)8-9-21-14(23)10(2)24-15(21)11-4-6-12(7-5-11)16(17,18)19/h4-7,10,15H,3,8-9H2,1-2H3,(H,20,22). The van der Waals surface area contributed by atoms with Crippen molar-refractivity contribution in [3.63, 3.8) is 0 Å². The van der Waals surface area contributed by atoms with E-state index in [9.17, 15) is 22.8 Å². The average Bonchev–Trinajstić information content (AvgIpc) is 2.80. The first kappa shape index (κ1) is 18.6. The van der Waals surface area contributed by atoms with E-state index >= 15 is 0 Å². The normalized spacial score (nSPS) is 21.2. The van der Waals surface area contributed by atoms with Crippen LogP contribution in [0, 0.1) is 0 Å². The van der Waals surface area contributed by atoms with Gasteiger partial charge in [-0.1, -0.05) is 12.1 Å². The van der Waals surface area contributed by atoms with Crippen LogP contribution in [0.1, 0.15) is 36.8 Å². The second-order valence-corrected chi connectivity index (χ2v) is 6.91. The molecule has 0 spiro atoms. The molecule has 0 aromatic heterocycles. The van der Waals surface area contributed by atoms with Gasteiger partial charge >= 0.3 is 6.18 Å². The van der Waals surface area contributed by atoms with Crippen LogP contribution in [0.5, 0.6) is 0 Å². The summed E-state index contributed by atoms with van der Waals surface area (Å²) in [4.78, 5) is 25.4. The van der Waals surface area contributed by atoms with Gasteiger partial charge in [0.25, 0.3) is 0 Å². The molecule has 1 saturated heterocycles. The first-order valence-corrected chi connectivity index (χ1v) is 8.58. The Morgan fingerprint density at radius 1 is 1.29 bits per heavy atom. The molecule has 132 valence electrons. The molecule has 1 aliphatic heterocycles. The zero-order valence-corrected chi connectivity index (χ0v) is 14.2. The Hall–Kier alpha value is -1.70. The monoisotopic (exact) mass is 360 g/mol. The van der Waals surface area contributed by atoms with Gasteiger partial charge in [-0.2, -0.15) is 13.2 Å².